The van der Waals surface area contributed by atoms with E-state index in [1.807, 2.05) is 0 Å². The minimum Gasteiger partial charge on any atom is -0.465 e. The lowest BCUT2D eigenvalue weighted by atomic mass is 10.1. The van der Waals surface area contributed by atoms with Crippen LogP contribution in [-0.2, 0) is 14.3 Å². The average molecular weight is 288 g/mol. The Kier molecular flexibility index (Phi) is 5.96. The molecular formula is C15H16N2O4. The second kappa shape index (κ2) is 7.70. The molecule has 1 aromatic rings. The van der Waals surface area contributed by atoms with Gasteiger partial charge in [-0.25, -0.2) is 9.59 Å². The third-order valence-corrected chi connectivity index (χ3v) is 2.63. The first kappa shape index (κ1) is 16.2. The number of hydrogen-bond acceptors (Lipinski definition) is 6. The van der Waals surface area contributed by atoms with E-state index in [1.165, 1.54) is 18.2 Å². The van der Waals surface area contributed by atoms with Gasteiger partial charge in [-0.05, 0) is 19.1 Å². The third-order valence-electron chi connectivity index (χ3n) is 2.63. The van der Waals surface area contributed by atoms with Crippen molar-refractivity contribution in [3.05, 3.63) is 41.6 Å². The van der Waals surface area contributed by atoms with E-state index in [4.69, 9.17) is 14.7 Å². The molecule has 1 aromatic carbocycles. The van der Waals surface area contributed by atoms with Gasteiger partial charge in [0.25, 0.3) is 0 Å². The number of methoxy groups -OCH3 is 1. The normalized spacial score (nSPS) is 10.5. The fourth-order valence-corrected chi connectivity index (χ4v) is 1.66. The van der Waals surface area contributed by atoms with Crippen molar-refractivity contribution >= 4 is 17.6 Å². The summed E-state index contributed by atoms with van der Waals surface area (Å²) in [6, 6.07) is 8.50. The van der Waals surface area contributed by atoms with Gasteiger partial charge in [0.1, 0.15) is 6.07 Å². The lowest BCUT2D eigenvalue weighted by molar-refractivity contribution is -0.138. The highest BCUT2D eigenvalue weighted by atomic mass is 16.5. The van der Waals surface area contributed by atoms with Crippen molar-refractivity contribution in [3.8, 4) is 6.07 Å². The van der Waals surface area contributed by atoms with Crippen LogP contribution in [0.3, 0.4) is 0 Å². The fraction of sp³-hybridized carbons (Fsp3) is 0.267. The maximum absolute atomic E-state index is 11.7. The molecule has 110 valence electrons. The number of hydrogen-bond donors (Lipinski definition) is 0. The van der Waals surface area contributed by atoms with Gasteiger partial charge in [0.15, 0.2) is 5.57 Å². The summed E-state index contributed by atoms with van der Waals surface area (Å²) in [5, 5.41) is 9.01. The summed E-state index contributed by atoms with van der Waals surface area (Å²) in [4.78, 5) is 24.8. The number of anilines is 1. The smallest absolute Gasteiger partial charge is 0.350 e. The fourth-order valence-electron chi connectivity index (χ4n) is 1.66. The Balaban J connectivity index is 3.14. The molecule has 6 heteroatoms. The van der Waals surface area contributed by atoms with Crippen LogP contribution in [0.5, 0.6) is 0 Å². The lowest BCUT2D eigenvalue weighted by Gasteiger charge is -2.17. The number of ether oxygens (including phenoxy) is 2. The van der Waals surface area contributed by atoms with Crippen molar-refractivity contribution < 1.29 is 19.1 Å². The Hall–Kier alpha value is -2.81. The van der Waals surface area contributed by atoms with Crippen LogP contribution in [-0.4, -0.2) is 32.7 Å². The van der Waals surface area contributed by atoms with E-state index in [9.17, 15) is 9.59 Å². The molecule has 0 aliphatic rings. The molecule has 21 heavy (non-hydrogen) atoms. The van der Waals surface area contributed by atoms with E-state index in [0.29, 0.717) is 11.3 Å². The summed E-state index contributed by atoms with van der Waals surface area (Å²) >= 11 is 0. The van der Waals surface area contributed by atoms with E-state index < -0.39 is 11.9 Å². The second-order valence-corrected chi connectivity index (χ2v) is 3.99. The third kappa shape index (κ3) is 4.08. The largest absolute Gasteiger partial charge is 0.465 e. The summed E-state index contributed by atoms with van der Waals surface area (Å²) in [5.41, 5.74) is 0.695. The minimum absolute atomic E-state index is 0.154. The molecule has 0 aliphatic carbocycles. The predicted molar refractivity (Wildman–Crippen MR) is 76.5 cm³/mol. The average Bonchev–Trinajstić information content (AvgIpc) is 2.51. The van der Waals surface area contributed by atoms with E-state index in [2.05, 4.69) is 0 Å². The number of esters is 2. The Morgan fingerprint density at radius 1 is 1.38 bits per heavy atom. The van der Waals surface area contributed by atoms with Gasteiger partial charge in [0.2, 0.25) is 0 Å². The number of para-hydroxylation sites is 1. The Bertz CT molecular complexity index is 602. The van der Waals surface area contributed by atoms with Crippen LogP contribution >= 0.6 is 0 Å². The minimum atomic E-state index is -0.706. The summed E-state index contributed by atoms with van der Waals surface area (Å²) in [6.07, 6.45) is 1.32. The number of carbonyl (C=O) groups is 2. The van der Waals surface area contributed by atoms with Crippen molar-refractivity contribution in [1.82, 2.24) is 0 Å². The quantitative estimate of drug-likeness (QED) is 0.467. The molecule has 1 rings (SSSR count). The zero-order valence-electron chi connectivity index (χ0n) is 12.1. The van der Waals surface area contributed by atoms with E-state index in [0.717, 1.165) is 0 Å². The van der Waals surface area contributed by atoms with E-state index in [-0.39, 0.29) is 12.2 Å². The highest BCUT2D eigenvalue weighted by molar-refractivity contribution is 5.97. The SMILES string of the molecule is CCOC(=O)/C(C#N)=C\N(C)c1ccccc1C(=O)OC. The first-order valence-electron chi connectivity index (χ1n) is 6.24. The summed E-state index contributed by atoms with van der Waals surface area (Å²) in [7, 11) is 2.91. The standard InChI is InChI=1S/C15H16N2O4/c1-4-21-14(18)11(9-16)10-17(2)13-8-6-5-7-12(13)15(19)20-3/h5-8,10H,4H2,1-3H3/b11-10-. The van der Waals surface area contributed by atoms with Crippen LogP contribution in [0.25, 0.3) is 0 Å². The Morgan fingerprint density at radius 3 is 2.62 bits per heavy atom. The molecule has 6 nitrogen and oxygen atoms in total. The zero-order valence-corrected chi connectivity index (χ0v) is 12.1. The van der Waals surface area contributed by atoms with Gasteiger partial charge >= 0.3 is 11.9 Å². The van der Waals surface area contributed by atoms with Crippen molar-refractivity contribution in [3.63, 3.8) is 0 Å². The molecule has 0 aliphatic heterocycles. The molecule has 0 saturated heterocycles. The first-order valence-corrected chi connectivity index (χ1v) is 6.24. The number of nitrogens with zero attached hydrogens (tertiary/aromatic N) is 2. The molecule has 0 unspecified atom stereocenters. The maximum atomic E-state index is 11.7. The number of nitriles is 1. The van der Waals surface area contributed by atoms with Gasteiger partial charge in [-0.3, -0.25) is 0 Å². The molecule has 0 amide bonds. The maximum Gasteiger partial charge on any atom is 0.350 e. The van der Waals surface area contributed by atoms with E-state index in [1.54, 1.807) is 44.3 Å². The monoisotopic (exact) mass is 288 g/mol. The molecular weight excluding hydrogens is 272 g/mol. The molecule has 0 aromatic heterocycles. The second-order valence-electron chi connectivity index (χ2n) is 3.99. The summed E-state index contributed by atoms with van der Waals surface area (Å²) < 4.78 is 9.48. The predicted octanol–water partition coefficient (Wildman–Crippen LogP) is 1.88. The van der Waals surface area contributed by atoms with Gasteiger partial charge in [-0.2, -0.15) is 5.26 Å². The van der Waals surface area contributed by atoms with Crippen LogP contribution < -0.4 is 4.90 Å². The molecule has 0 N–H and O–H groups in total. The zero-order chi connectivity index (χ0) is 15.8. The van der Waals surface area contributed by atoms with Crippen LogP contribution in [0.4, 0.5) is 5.69 Å². The van der Waals surface area contributed by atoms with E-state index >= 15 is 0 Å². The molecule has 0 bridgehead atoms. The Labute approximate surface area is 123 Å². The van der Waals surface area contributed by atoms with Gasteiger partial charge in [0, 0.05) is 13.2 Å². The van der Waals surface area contributed by atoms with Crippen molar-refractivity contribution in [2.45, 2.75) is 6.92 Å². The summed E-state index contributed by atoms with van der Waals surface area (Å²) in [6.45, 7) is 1.84. The van der Waals surface area contributed by atoms with Crippen molar-refractivity contribution in [2.75, 3.05) is 25.7 Å². The van der Waals surface area contributed by atoms with Crippen molar-refractivity contribution in [2.24, 2.45) is 0 Å². The van der Waals surface area contributed by atoms with Gasteiger partial charge in [-0.15, -0.1) is 0 Å². The van der Waals surface area contributed by atoms with Crippen LogP contribution in [0.15, 0.2) is 36.0 Å². The number of carbonyl (C=O) groups excluding carboxylic acids is 2. The number of benzene rings is 1. The summed E-state index contributed by atoms with van der Waals surface area (Å²) in [5.74, 6) is -1.21. The molecule has 0 saturated carbocycles. The van der Waals surface area contributed by atoms with Gasteiger partial charge in [0.05, 0.1) is 25.0 Å². The molecule has 0 radical (unpaired) electrons. The van der Waals surface area contributed by atoms with Crippen molar-refractivity contribution in [1.29, 1.82) is 5.26 Å². The molecule has 0 heterocycles. The lowest BCUT2D eigenvalue weighted by Crippen LogP contribution is -2.17. The first-order chi connectivity index (χ1) is 10.0. The molecule has 0 atom stereocenters. The molecule has 0 spiro atoms. The molecule has 0 fully saturated rings. The number of rotatable bonds is 5. The van der Waals surface area contributed by atoms with Gasteiger partial charge < -0.3 is 14.4 Å². The topological polar surface area (TPSA) is 79.6 Å². The van der Waals surface area contributed by atoms with Crippen LogP contribution in [0, 0.1) is 11.3 Å². The van der Waals surface area contributed by atoms with Crippen LogP contribution in [0.1, 0.15) is 17.3 Å². The highest BCUT2D eigenvalue weighted by Gasteiger charge is 2.16. The van der Waals surface area contributed by atoms with Crippen LogP contribution in [0.2, 0.25) is 0 Å². The highest BCUT2D eigenvalue weighted by Crippen LogP contribution is 2.21. The Morgan fingerprint density at radius 2 is 2.05 bits per heavy atom. The van der Waals surface area contributed by atoms with Gasteiger partial charge in [-0.1, -0.05) is 12.1 Å².